The highest BCUT2D eigenvalue weighted by molar-refractivity contribution is 8.18. The number of carbonyl (C=O) groups excluding carboxylic acids is 2. The summed E-state index contributed by atoms with van der Waals surface area (Å²) in [6.45, 7) is 3.11. The lowest BCUT2D eigenvalue weighted by molar-refractivity contribution is -0.123. The first-order chi connectivity index (χ1) is 15.6. The van der Waals surface area contributed by atoms with Gasteiger partial charge in [-0.25, -0.2) is 0 Å². The van der Waals surface area contributed by atoms with Gasteiger partial charge in [0.1, 0.15) is 0 Å². The average molecular weight is 439 g/mol. The van der Waals surface area contributed by atoms with Crippen LogP contribution >= 0.6 is 11.8 Å². The monoisotopic (exact) mass is 438 g/mol. The van der Waals surface area contributed by atoms with Crippen LogP contribution in [0.5, 0.6) is 0 Å². The van der Waals surface area contributed by atoms with Crippen LogP contribution in [0.4, 0.5) is 4.79 Å². The summed E-state index contributed by atoms with van der Waals surface area (Å²) in [6, 6.07) is 28.1. The van der Waals surface area contributed by atoms with Crippen LogP contribution in [0.3, 0.4) is 0 Å². The third-order valence-electron chi connectivity index (χ3n) is 5.80. The quantitative estimate of drug-likeness (QED) is 0.347. The van der Waals surface area contributed by atoms with Crippen LogP contribution in [0.2, 0.25) is 0 Å². The van der Waals surface area contributed by atoms with E-state index in [1.807, 2.05) is 66.7 Å². The van der Waals surface area contributed by atoms with Crippen LogP contribution in [0.1, 0.15) is 22.4 Å². The van der Waals surface area contributed by atoms with Gasteiger partial charge in [-0.3, -0.25) is 14.5 Å². The molecule has 1 aromatic heterocycles. The number of imide groups is 1. The van der Waals surface area contributed by atoms with Crippen molar-refractivity contribution in [1.82, 2.24) is 9.47 Å². The minimum atomic E-state index is -0.233. The maximum Gasteiger partial charge on any atom is 0.293 e. The number of aromatic nitrogens is 1. The first kappa shape index (κ1) is 20.3. The number of rotatable bonds is 5. The van der Waals surface area contributed by atoms with Crippen molar-refractivity contribution in [3.63, 3.8) is 0 Å². The van der Waals surface area contributed by atoms with Crippen LogP contribution in [0.15, 0.2) is 89.8 Å². The number of fused-ring (bicyclic) bond motifs is 1. The molecule has 158 valence electrons. The highest BCUT2D eigenvalue weighted by atomic mass is 32.2. The van der Waals surface area contributed by atoms with Gasteiger partial charge in [0.25, 0.3) is 11.1 Å². The summed E-state index contributed by atoms with van der Waals surface area (Å²) in [4.78, 5) is 27.5. The molecule has 0 aliphatic carbocycles. The maximum absolute atomic E-state index is 13.1. The smallest absolute Gasteiger partial charge is 0.293 e. The summed E-state index contributed by atoms with van der Waals surface area (Å²) in [7, 11) is 0. The van der Waals surface area contributed by atoms with E-state index in [0.717, 1.165) is 46.0 Å². The van der Waals surface area contributed by atoms with Crippen LogP contribution in [0, 0.1) is 6.92 Å². The van der Waals surface area contributed by atoms with Crippen molar-refractivity contribution in [3.05, 3.63) is 112 Å². The molecule has 0 unspecified atom stereocenters. The second kappa shape index (κ2) is 8.52. The number of thioether (sulfide) groups is 1. The summed E-state index contributed by atoms with van der Waals surface area (Å²) in [5.74, 6) is -0.233. The fourth-order valence-electron chi connectivity index (χ4n) is 4.14. The van der Waals surface area contributed by atoms with Gasteiger partial charge in [0, 0.05) is 28.7 Å². The van der Waals surface area contributed by atoms with E-state index in [-0.39, 0.29) is 17.7 Å². The number of hydrogen-bond donors (Lipinski definition) is 0. The zero-order chi connectivity index (χ0) is 22.1. The molecular weight excluding hydrogens is 416 g/mol. The van der Waals surface area contributed by atoms with Gasteiger partial charge in [-0.05, 0) is 42.0 Å². The summed E-state index contributed by atoms with van der Waals surface area (Å²) in [5, 5.41) is 0.853. The molecule has 1 aliphatic heterocycles. The van der Waals surface area contributed by atoms with Crippen LogP contribution in [-0.4, -0.2) is 20.6 Å². The molecular formula is C27H22N2O2S. The summed E-state index contributed by atoms with van der Waals surface area (Å²) >= 11 is 1.02. The van der Waals surface area contributed by atoms with Gasteiger partial charge in [-0.1, -0.05) is 78.9 Å². The lowest BCUT2D eigenvalue weighted by atomic mass is 10.1. The molecule has 5 heteroatoms. The molecule has 1 saturated heterocycles. The summed E-state index contributed by atoms with van der Waals surface area (Å²) in [6.07, 6.45) is 1.88. The number of benzene rings is 3. The van der Waals surface area contributed by atoms with Gasteiger partial charge in [0.2, 0.25) is 0 Å². The number of amides is 2. The van der Waals surface area contributed by atoms with E-state index in [1.54, 1.807) is 0 Å². The van der Waals surface area contributed by atoms with Crippen LogP contribution < -0.4 is 0 Å². The first-order valence-electron chi connectivity index (χ1n) is 10.5. The largest absolute Gasteiger partial charge is 0.340 e. The van der Waals surface area contributed by atoms with E-state index in [2.05, 4.69) is 35.8 Å². The highest BCUT2D eigenvalue weighted by Crippen LogP contribution is 2.36. The van der Waals surface area contributed by atoms with E-state index in [4.69, 9.17) is 0 Å². The highest BCUT2D eigenvalue weighted by Gasteiger charge is 2.35. The Morgan fingerprint density at radius 2 is 1.38 bits per heavy atom. The van der Waals surface area contributed by atoms with Gasteiger partial charge in [0.15, 0.2) is 0 Å². The Hall–Kier alpha value is -3.57. The Balaban J connectivity index is 1.52. The molecule has 0 spiro atoms. The van der Waals surface area contributed by atoms with Gasteiger partial charge in [-0.2, -0.15) is 0 Å². The number of hydrogen-bond acceptors (Lipinski definition) is 3. The molecule has 2 amide bonds. The number of para-hydroxylation sites is 1. The predicted octanol–water partition coefficient (Wildman–Crippen LogP) is 6.23. The molecule has 0 saturated carbocycles. The molecule has 0 bridgehead atoms. The Morgan fingerprint density at radius 3 is 2.06 bits per heavy atom. The number of nitrogens with zero attached hydrogens (tertiary/aromatic N) is 2. The van der Waals surface area contributed by atoms with Gasteiger partial charge >= 0.3 is 0 Å². The number of carbonyl (C=O) groups is 2. The van der Waals surface area contributed by atoms with Crippen LogP contribution in [-0.2, 0) is 17.9 Å². The molecule has 0 atom stereocenters. The SMILES string of the molecule is Cc1c(/C=C2\SC(=O)N(Cc3ccccc3)C2=O)c2ccccc2n1Cc1ccccc1. The zero-order valence-electron chi connectivity index (χ0n) is 17.7. The standard InChI is InChI=1S/C27H22N2O2S/c1-19-23(16-25-26(30)29(27(31)32-25)18-21-12-6-3-7-13-21)22-14-8-9-15-24(22)28(19)17-20-10-4-2-5-11-20/h2-16H,17-18H2,1H3/b25-16-. The molecule has 4 aromatic rings. The first-order valence-corrected chi connectivity index (χ1v) is 11.3. The zero-order valence-corrected chi connectivity index (χ0v) is 18.5. The van der Waals surface area contributed by atoms with Gasteiger partial charge in [-0.15, -0.1) is 0 Å². The molecule has 4 nitrogen and oxygen atoms in total. The summed E-state index contributed by atoms with van der Waals surface area (Å²) in [5.41, 5.74) is 5.33. The van der Waals surface area contributed by atoms with Crippen molar-refractivity contribution in [2.75, 3.05) is 0 Å². The van der Waals surface area contributed by atoms with Crippen molar-refractivity contribution in [3.8, 4) is 0 Å². The second-order valence-electron chi connectivity index (χ2n) is 7.84. The molecule has 3 aromatic carbocycles. The minimum absolute atomic E-state index is 0.226. The average Bonchev–Trinajstić information content (AvgIpc) is 3.24. The van der Waals surface area contributed by atoms with Crippen molar-refractivity contribution in [1.29, 1.82) is 0 Å². The normalized spacial score (nSPS) is 15.3. The lowest BCUT2D eigenvalue weighted by Crippen LogP contribution is -2.27. The third kappa shape index (κ3) is 3.76. The van der Waals surface area contributed by atoms with Crippen molar-refractivity contribution in [2.45, 2.75) is 20.0 Å². The van der Waals surface area contributed by atoms with E-state index >= 15 is 0 Å². The van der Waals surface area contributed by atoms with E-state index in [0.29, 0.717) is 4.91 Å². The lowest BCUT2D eigenvalue weighted by Gasteiger charge is -2.12. The molecule has 1 fully saturated rings. The van der Waals surface area contributed by atoms with E-state index in [9.17, 15) is 9.59 Å². The second-order valence-corrected chi connectivity index (χ2v) is 8.83. The van der Waals surface area contributed by atoms with Crippen LogP contribution in [0.25, 0.3) is 17.0 Å². The van der Waals surface area contributed by atoms with E-state index in [1.165, 1.54) is 10.5 Å². The third-order valence-corrected chi connectivity index (χ3v) is 6.70. The van der Waals surface area contributed by atoms with Crippen molar-refractivity contribution >= 4 is 39.9 Å². The summed E-state index contributed by atoms with van der Waals surface area (Å²) < 4.78 is 2.27. The fraction of sp³-hybridized carbons (Fsp3) is 0.111. The van der Waals surface area contributed by atoms with Gasteiger partial charge < -0.3 is 4.57 Å². The Kier molecular flexibility index (Phi) is 5.41. The fourth-order valence-corrected chi connectivity index (χ4v) is 4.96. The molecule has 0 N–H and O–H groups in total. The Morgan fingerprint density at radius 1 is 0.781 bits per heavy atom. The molecule has 5 rings (SSSR count). The van der Waals surface area contributed by atoms with Crippen molar-refractivity contribution < 1.29 is 9.59 Å². The minimum Gasteiger partial charge on any atom is -0.340 e. The Bertz CT molecular complexity index is 1340. The molecule has 2 heterocycles. The molecule has 32 heavy (non-hydrogen) atoms. The topological polar surface area (TPSA) is 42.3 Å². The Labute approximate surface area is 191 Å². The predicted molar refractivity (Wildman–Crippen MR) is 130 cm³/mol. The van der Waals surface area contributed by atoms with Crippen molar-refractivity contribution in [2.24, 2.45) is 0 Å². The molecule has 1 aliphatic rings. The van der Waals surface area contributed by atoms with E-state index < -0.39 is 0 Å². The molecule has 0 radical (unpaired) electrons. The maximum atomic E-state index is 13.1. The van der Waals surface area contributed by atoms with Gasteiger partial charge in [0.05, 0.1) is 11.4 Å².